The Bertz CT molecular complexity index is 1190. The summed E-state index contributed by atoms with van der Waals surface area (Å²) < 4.78 is 10.1. The minimum Gasteiger partial charge on any atom is -0.497 e. The molecule has 2 atom stereocenters. The quantitative estimate of drug-likeness (QED) is 0.172. The van der Waals surface area contributed by atoms with E-state index in [0.29, 0.717) is 10.8 Å². The normalized spacial score (nSPS) is 15.4. The number of aliphatic hydroxyl groups excluding tert-OH is 1. The molecule has 1 fully saturated rings. The van der Waals surface area contributed by atoms with Gasteiger partial charge in [-0.05, 0) is 61.0 Å². The second-order valence-electron chi connectivity index (χ2n) is 9.36. The smallest absolute Gasteiger partial charge is 0.336 e. The van der Waals surface area contributed by atoms with Gasteiger partial charge in [-0.2, -0.15) is 0 Å². The highest BCUT2D eigenvalue weighted by molar-refractivity contribution is 7.99. The molecule has 39 heavy (non-hydrogen) atoms. The summed E-state index contributed by atoms with van der Waals surface area (Å²) in [6.45, 7) is 5.97. The van der Waals surface area contributed by atoms with Crippen molar-refractivity contribution in [2.24, 2.45) is 0 Å². The number of ether oxygens (including phenoxy) is 2. The number of aliphatic hydroxyl groups is 1. The van der Waals surface area contributed by atoms with E-state index in [1.54, 1.807) is 7.11 Å². The van der Waals surface area contributed by atoms with E-state index in [2.05, 4.69) is 45.4 Å². The standard InChI is InChI=1S/C30H36ClN3O4S/c1-37-25-12-9-22(10-13-25)29(28(35)30(36)38-2)39-27-21-23(31)11-14-26(27)32-15-6-16-33-17-19-34(20-18-33)24-7-4-3-5-8-24/h3-5,7-14,21,28-29,32,35H,6,15-20H2,1-2H3. The number of halogens is 1. The van der Waals surface area contributed by atoms with Crippen molar-refractivity contribution < 1.29 is 19.4 Å². The van der Waals surface area contributed by atoms with Crippen molar-refractivity contribution in [3.05, 3.63) is 83.4 Å². The second kappa shape index (κ2) is 14.5. The number of para-hydroxylation sites is 1. The van der Waals surface area contributed by atoms with Crippen LogP contribution in [0.1, 0.15) is 17.2 Å². The Labute approximate surface area is 240 Å². The summed E-state index contributed by atoms with van der Waals surface area (Å²) >= 11 is 7.73. The van der Waals surface area contributed by atoms with Crippen LogP contribution in [0.2, 0.25) is 5.02 Å². The van der Waals surface area contributed by atoms with E-state index in [9.17, 15) is 9.90 Å². The zero-order chi connectivity index (χ0) is 27.6. The van der Waals surface area contributed by atoms with E-state index in [1.807, 2.05) is 42.5 Å². The molecule has 1 saturated heterocycles. The van der Waals surface area contributed by atoms with Crippen LogP contribution < -0.4 is 15.0 Å². The molecular weight excluding hydrogens is 534 g/mol. The summed E-state index contributed by atoms with van der Waals surface area (Å²) in [5, 5.41) is 14.4. The monoisotopic (exact) mass is 569 g/mol. The molecule has 0 radical (unpaired) electrons. The van der Waals surface area contributed by atoms with E-state index in [1.165, 1.54) is 24.6 Å². The minimum absolute atomic E-state index is 0.584. The van der Waals surface area contributed by atoms with E-state index in [-0.39, 0.29) is 0 Å². The highest BCUT2D eigenvalue weighted by Crippen LogP contribution is 2.43. The van der Waals surface area contributed by atoms with E-state index < -0.39 is 17.3 Å². The SMILES string of the molecule is COC(=O)C(O)C(Sc1cc(Cl)ccc1NCCCN1CCN(c2ccccc2)CC1)c1ccc(OC)cc1. The van der Waals surface area contributed by atoms with Gasteiger partial charge < -0.3 is 24.8 Å². The lowest BCUT2D eigenvalue weighted by Gasteiger charge is -2.36. The molecule has 0 aliphatic carbocycles. The van der Waals surface area contributed by atoms with Gasteiger partial charge >= 0.3 is 5.97 Å². The summed E-state index contributed by atoms with van der Waals surface area (Å²) in [6.07, 6.45) is -0.361. The van der Waals surface area contributed by atoms with Gasteiger partial charge in [-0.3, -0.25) is 4.90 Å². The molecule has 0 amide bonds. The van der Waals surface area contributed by atoms with Crippen molar-refractivity contribution >= 4 is 40.7 Å². The van der Waals surface area contributed by atoms with Crippen molar-refractivity contribution in [2.45, 2.75) is 22.7 Å². The fraction of sp³-hybridized carbons (Fsp3) is 0.367. The number of nitrogens with one attached hydrogen (secondary N) is 1. The van der Waals surface area contributed by atoms with Crippen LogP contribution in [0.25, 0.3) is 0 Å². The number of benzene rings is 3. The molecule has 7 nitrogen and oxygen atoms in total. The van der Waals surface area contributed by atoms with Crippen LogP contribution in [-0.2, 0) is 9.53 Å². The first kappa shape index (κ1) is 29.1. The third-order valence-electron chi connectivity index (χ3n) is 6.83. The maximum Gasteiger partial charge on any atom is 0.336 e. The molecule has 0 spiro atoms. The Kier molecular flexibility index (Phi) is 10.8. The molecule has 2 unspecified atom stereocenters. The number of anilines is 2. The summed E-state index contributed by atoms with van der Waals surface area (Å²) in [5.41, 5.74) is 2.98. The number of carbonyl (C=O) groups excluding carboxylic acids is 1. The van der Waals surface area contributed by atoms with Crippen LogP contribution in [0.5, 0.6) is 5.75 Å². The third kappa shape index (κ3) is 8.05. The summed E-state index contributed by atoms with van der Waals surface area (Å²) in [7, 11) is 2.87. The number of hydrogen-bond donors (Lipinski definition) is 2. The fourth-order valence-electron chi connectivity index (χ4n) is 4.62. The van der Waals surface area contributed by atoms with Crippen molar-refractivity contribution in [3.63, 3.8) is 0 Å². The van der Waals surface area contributed by atoms with Crippen molar-refractivity contribution in [2.75, 3.05) is 63.7 Å². The zero-order valence-electron chi connectivity index (χ0n) is 22.4. The molecule has 208 valence electrons. The van der Waals surface area contributed by atoms with Crippen LogP contribution in [0.4, 0.5) is 11.4 Å². The van der Waals surface area contributed by atoms with Gasteiger partial charge in [-0.25, -0.2) is 4.79 Å². The van der Waals surface area contributed by atoms with Crippen molar-refractivity contribution in [1.82, 2.24) is 4.90 Å². The van der Waals surface area contributed by atoms with Crippen molar-refractivity contribution in [1.29, 1.82) is 0 Å². The topological polar surface area (TPSA) is 74.3 Å². The highest BCUT2D eigenvalue weighted by Gasteiger charge is 2.30. The Morgan fingerprint density at radius 1 is 1.03 bits per heavy atom. The Morgan fingerprint density at radius 2 is 1.74 bits per heavy atom. The van der Waals surface area contributed by atoms with Gasteiger partial charge in [0.15, 0.2) is 6.10 Å². The molecule has 1 aliphatic rings. The van der Waals surface area contributed by atoms with Crippen LogP contribution in [0.3, 0.4) is 0 Å². The van der Waals surface area contributed by atoms with Gasteiger partial charge in [0.25, 0.3) is 0 Å². The Hall–Kier alpha value is -2.91. The number of nitrogens with zero attached hydrogens (tertiary/aromatic N) is 2. The third-order valence-corrected chi connectivity index (χ3v) is 8.44. The van der Waals surface area contributed by atoms with Crippen LogP contribution >= 0.6 is 23.4 Å². The predicted octanol–water partition coefficient (Wildman–Crippen LogP) is 5.34. The molecule has 3 aromatic carbocycles. The first-order chi connectivity index (χ1) is 19.0. The summed E-state index contributed by atoms with van der Waals surface area (Å²) in [5.74, 6) is 0.00821. The lowest BCUT2D eigenvalue weighted by molar-refractivity contribution is -0.150. The first-order valence-electron chi connectivity index (χ1n) is 13.1. The van der Waals surface area contributed by atoms with Gasteiger partial charge in [0, 0.05) is 54.0 Å². The van der Waals surface area contributed by atoms with Gasteiger partial charge in [-0.15, -0.1) is 11.8 Å². The first-order valence-corrected chi connectivity index (χ1v) is 14.4. The molecule has 0 saturated carbocycles. The van der Waals surface area contributed by atoms with Gasteiger partial charge in [0.2, 0.25) is 0 Å². The van der Waals surface area contributed by atoms with Gasteiger partial charge in [0.05, 0.1) is 19.5 Å². The molecule has 0 aromatic heterocycles. The average molecular weight is 570 g/mol. The van der Waals surface area contributed by atoms with Crippen LogP contribution in [0, 0.1) is 0 Å². The summed E-state index contributed by atoms with van der Waals surface area (Å²) in [4.78, 5) is 18.1. The maximum atomic E-state index is 12.3. The molecule has 1 heterocycles. The number of methoxy groups -OCH3 is 2. The molecule has 2 N–H and O–H groups in total. The number of carbonyl (C=O) groups is 1. The minimum atomic E-state index is -1.35. The van der Waals surface area contributed by atoms with E-state index in [4.69, 9.17) is 21.1 Å². The average Bonchev–Trinajstić information content (AvgIpc) is 2.99. The Balaban J connectivity index is 1.36. The highest BCUT2D eigenvalue weighted by atomic mass is 35.5. The molecule has 4 rings (SSSR count). The van der Waals surface area contributed by atoms with Crippen LogP contribution in [0.15, 0.2) is 77.7 Å². The van der Waals surface area contributed by atoms with Crippen molar-refractivity contribution in [3.8, 4) is 5.75 Å². The molecule has 1 aliphatic heterocycles. The second-order valence-corrected chi connectivity index (χ2v) is 11.0. The molecule has 0 bridgehead atoms. The lowest BCUT2D eigenvalue weighted by atomic mass is 10.1. The lowest BCUT2D eigenvalue weighted by Crippen LogP contribution is -2.46. The summed E-state index contributed by atoms with van der Waals surface area (Å²) in [6, 6.07) is 23.5. The number of rotatable bonds is 12. The largest absolute Gasteiger partial charge is 0.497 e. The maximum absolute atomic E-state index is 12.3. The predicted molar refractivity (Wildman–Crippen MR) is 159 cm³/mol. The van der Waals surface area contributed by atoms with Gasteiger partial charge in [0.1, 0.15) is 5.75 Å². The van der Waals surface area contributed by atoms with Gasteiger partial charge in [-0.1, -0.05) is 41.9 Å². The van der Waals surface area contributed by atoms with E-state index >= 15 is 0 Å². The fourth-order valence-corrected chi connectivity index (χ4v) is 6.13. The zero-order valence-corrected chi connectivity index (χ0v) is 24.0. The number of piperazine rings is 1. The number of thioether (sulfide) groups is 1. The van der Waals surface area contributed by atoms with E-state index in [0.717, 1.165) is 61.8 Å². The molecule has 9 heteroatoms. The number of hydrogen-bond acceptors (Lipinski definition) is 8. The Morgan fingerprint density at radius 3 is 2.41 bits per heavy atom. The molecular formula is C30H36ClN3O4S. The molecule has 3 aromatic rings. The number of esters is 1. The van der Waals surface area contributed by atoms with Crippen LogP contribution in [-0.4, -0.2) is 75.6 Å².